The highest BCUT2D eigenvalue weighted by Crippen LogP contribution is 2.36. The molecule has 1 saturated heterocycles. The molecule has 0 unspecified atom stereocenters. The number of urea groups is 1. The lowest BCUT2D eigenvalue weighted by molar-refractivity contribution is -0.130. The first-order valence-corrected chi connectivity index (χ1v) is 9.21. The van der Waals surface area contributed by atoms with Crippen molar-refractivity contribution in [3.63, 3.8) is 0 Å². The highest BCUT2D eigenvalue weighted by Gasteiger charge is 2.35. The van der Waals surface area contributed by atoms with Crippen LogP contribution in [0, 0.1) is 0 Å². The summed E-state index contributed by atoms with van der Waals surface area (Å²) in [7, 11) is 2.92. The SMILES string of the molecule is COc1ccc(CN2C(=O)NC(=O)/C(=C\c3cc(Br)c(O)c(OC)c3)C2=O)cc1. The van der Waals surface area contributed by atoms with Gasteiger partial charge in [0.15, 0.2) is 11.5 Å². The van der Waals surface area contributed by atoms with Crippen molar-refractivity contribution in [2.45, 2.75) is 6.54 Å². The van der Waals surface area contributed by atoms with E-state index in [1.807, 2.05) is 0 Å². The predicted octanol–water partition coefficient (Wildman–Crippen LogP) is 2.83. The van der Waals surface area contributed by atoms with Gasteiger partial charge in [-0.2, -0.15) is 0 Å². The quantitative estimate of drug-likeness (QED) is 0.524. The minimum Gasteiger partial charge on any atom is -0.503 e. The summed E-state index contributed by atoms with van der Waals surface area (Å²) in [6.07, 6.45) is 1.33. The number of hydrogen-bond acceptors (Lipinski definition) is 6. The van der Waals surface area contributed by atoms with Crippen molar-refractivity contribution in [1.29, 1.82) is 0 Å². The average molecular weight is 461 g/mol. The third-order valence-electron chi connectivity index (χ3n) is 4.27. The van der Waals surface area contributed by atoms with Gasteiger partial charge in [-0.3, -0.25) is 19.8 Å². The summed E-state index contributed by atoms with van der Waals surface area (Å²) in [6.45, 7) is -0.0120. The molecular weight excluding hydrogens is 444 g/mol. The molecule has 29 heavy (non-hydrogen) atoms. The van der Waals surface area contributed by atoms with Crippen molar-refractivity contribution in [3.05, 3.63) is 57.6 Å². The lowest BCUT2D eigenvalue weighted by Crippen LogP contribution is -2.53. The Bertz CT molecular complexity index is 1020. The average Bonchev–Trinajstić information content (AvgIpc) is 2.71. The van der Waals surface area contributed by atoms with Crippen LogP contribution in [0.1, 0.15) is 11.1 Å². The lowest BCUT2D eigenvalue weighted by atomic mass is 10.1. The van der Waals surface area contributed by atoms with Gasteiger partial charge in [-0.1, -0.05) is 12.1 Å². The molecule has 1 fully saturated rings. The Kier molecular flexibility index (Phi) is 5.88. The van der Waals surface area contributed by atoms with Gasteiger partial charge in [-0.05, 0) is 57.4 Å². The van der Waals surface area contributed by atoms with Crippen LogP contribution in [0.15, 0.2) is 46.4 Å². The number of hydrogen-bond donors (Lipinski definition) is 2. The fourth-order valence-electron chi connectivity index (χ4n) is 2.75. The molecule has 1 heterocycles. The first kappa shape index (κ1) is 20.4. The molecule has 2 N–H and O–H groups in total. The highest BCUT2D eigenvalue weighted by molar-refractivity contribution is 9.10. The second-order valence-electron chi connectivity index (χ2n) is 6.11. The highest BCUT2D eigenvalue weighted by atomic mass is 79.9. The number of nitrogens with one attached hydrogen (secondary N) is 1. The number of nitrogens with zero attached hydrogens (tertiary/aromatic N) is 1. The summed E-state index contributed by atoms with van der Waals surface area (Å²) in [5, 5.41) is 12.1. The molecule has 8 nitrogen and oxygen atoms in total. The van der Waals surface area contributed by atoms with Gasteiger partial charge in [0, 0.05) is 0 Å². The third-order valence-corrected chi connectivity index (χ3v) is 4.87. The van der Waals surface area contributed by atoms with E-state index in [0.717, 1.165) is 4.90 Å². The molecule has 0 aliphatic carbocycles. The Morgan fingerprint density at radius 3 is 2.41 bits per heavy atom. The molecule has 2 aromatic rings. The molecule has 0 aromatic heterocycles. The number of benzene rings is 2. The van der Waals surface area contributed by atoms with Gasteiger partial charge in [0.1, 0.15) is 11.3 Å². The summed E-state index contributed by atoms with van der Waals surface area (Å²) in [5.41, 5.74) is 0.915. The smallest absolute Gasteiger partial charge is 0.331 e. The van der Waals surface area contributed by atoms with E-state index in [-0.39, 0.29) is 23.6 Å². The van der Waals surface area contributed by atoms with Crippen LogP contribution < -0.4 is 14.8 Å². The number of barbiturate groups is 1. The number of halogens is 1. The van der Waals surface area contributed by atoms with E-state index in [1.54, 1.807) is 24.3 Å². The Labute approximate surface area is 174 Å². The second kappa shape index (κ2) is 8.36. The van der Waals surface area contributed by atoms with Crippen LogP contribution in [0.3, 0.4) is 0 Å². The Balaban J connectivity index is 1.92. The van der Waals surface area contributed by atoms with Crippen LogP contribution in [0.5, 0.6) is 17.2 Å². The maximum absolute atomic E-state index is 12.8. The maximum Gasteiger partial charge on any atom is 0.331 e. The molecule has 1 aliphatic rings. The molecule has 9 heteroatoms. The number of phenolic OH excluding ortho intramolecular Hbond substituents is 1. The molecule has 1 aliphatic heterocycles. The van der Waals surface area contributed by atoms with Crippen molar-refractivity contribution in [2.75, 3.05) is 14.2 Å². The van der Waals surface area contributed by atoms with Crippen LogP contribution >= 0.6 is 15.9 Å². The predicted molar refractivity (Wildman–Crippen MR) is 107 cm³/mol. The minimum absolute atomic E-state index is 0.0120. The number of methoxy groups -OCH3 is 2. The molecule has 2 aromatic carbocycles. The van der Waals surface area contributed by atoms with E-state index in [2.05, 4.69) is 21.2 Å². The number of amides is 4. The van der Waals surface area contributed by atoms with Crippen LogP contribution in [0.25, 0.3) is 6.08 Å². The van der Waals surface area contributed by atoms with Crippen molar-refractivity contribution in [3.8, 4) is 17.2 Å². The standard InChI is InChI=1S/C20H17BrN2O6/c1-28-13-5-3-11(4-6-13)10-23-19(26)14(18(25)22-20(23)27)7-12-8-15(21)17(24)16(9-12)29-2/h3-9,24H,10H2,1-2H3,(H,22,25,27)/b14-7+. The van der Waals surface area contributed by atoms with Gasteiger partial charge in [-0.15, -0.1) is 0 Å². The summed E-state index contributed by atoms with van der Waals surface area (Å²) < 4.78 is 10.5. The summed E-state index contributed by atoms with van der Waals surface area (Å²) in [6, 6.07) is 9.07. The first-order chi connectivity index (χ1) is 13.8. The van der Waals surface area contributed by atoms with Crippen molar-refractivity contribution in [2.24, 2.45) is 0 Å². The zero-order chi connectivity index (χ0) is 21.1. The second-order valence-corrected chi connectivity index (χ2v) is 6.96. The van der Waals surface area contributed by atoms with E-state index >= 15 is 0 Å². The van der Waals surface area contributed by atoms with Crippen LogP contribution in [-0.4, -0.2) is 42.1 Å². The van der Waals surface area contributed by atoms with Crippen molar-refractivity contribution < 1.29 is 29.0 Å². The van der Waals surface area contributed by atoms with Gasteiger partial charge in [-0.25, -0.2) is 4.79 Å². The van der Waals surface area contributed by atoms with Crippen molar-refractivity contribution in [1.82, 2.24) is 10.2 Å². The van der Waals surface area contributed by atoms with E-state index in [1.165, 1.54) is 32.4 Å². The molecule has 150 valence electrons. The maximum atomic E-state index is 12.8. The van der Waals surface area contributed by atoms with Crippen molar-refractivity contribution >= 4 is 39.9 Å². The molecule has 0 bridgehead atoms. The number of carbonyl (C=O) groups excluding carboxylic acids is 3. The van der Waals surface area contributed by atoms with E-state index in [0.29, 0.717) is 21.3 Å². The van der Waals surface area contributed by atoms with Gasteiger partial charge < -0.3 is 14.6 Å². The number of aromatic hydroxyl groups is 1. The monoisotopic (exact) mass is 460 g/mol. The molecular formula is C20H17BrN2O6. The Hall–Kier alpha value is -3.33. The molecule has 0 radical (unpaired) electrons. The summed E-state index contributed by atoms with van der Waals surface area (Å²) >= 11 is 3.19. The Morgan fingerprint density at radius 2 is 1.79 bits per heavy atom. The molecule has 0 saturated carbocycles. The minimum atomic E-state index is -0.797. The first-order valence-electron chi connectivity index (χ1n) is 8.42. The largest absolute Gasteiger partial charge is 0.503 e. The van der Waals surface area contributed by atoms with Crippen LogP contribution in [0.4, 0.5) is 4.79 Å². The third kappa shape index (κ3) is 4.24. The summed E-state index contributed by atoms with van der Waals surface area (Å²) in [4.78, 5) is 38.2. The Morgan fingerprint density at radius 1 is 1.10 bits per heavy atom. The zero-order valence-electron chi connectivity index (χ0n) is 15.6. The van der Waals surface area contributed by atoms with Gasteiger partial charge >= 0.3 is 6.03 Å². The van der Waals surface area contributed by atoms with Crippen LogP contribution in [0.2, 0.25) is 0 Å². The van der Waals surface area contributed by atoms with Gasteiger partial charge in [0.05, 0.1) is 25.2 Å². The molecule has 3 rings (SSSR count). The van der Waals surface area contributed by atoms with Gasteiger partial charge in [0.25, 0.3) is 11.8 Å². The fraction of sp³-hybridized carbons (Fsp3) is 0.150. The number of ether oxygens (including phenoxy) is 2. The van der Waals surface area contributed by atoms with E-state index in [9.17, 15) is 19.5 Å². The van der Waals surface area contributed by atoms with Gasteiger partial charge in [0.2, 0.25) is 0 Å². The lowest BCUT2D eigenvalue weighted by Gasteiger charge is -2.26. The number of rotatable bonds is 5. The topological polar surface area (TPSA) is 105 Å². The normalized spacial score (nSPS) is 15.5. The number of imide groups is 2. The molecule has 0 spiro atoms. The van der Waals surface area contributed by atoms with Crippen LogP contribution in [-0.2, 0) is 16.1 Å². The molecule has 0 atom stereocenters. The molecule has 4 amide bonds. The number of carbonyl (C=O) groups is 3. The number of phenols is 1. The van der Waals surface area contributed by atoms with E-state index in [4.69, 9.17) is 9.47 Å². The van der Waals surface area contributed by atoms with E-state index < -0.39 is 17.8 Å². The zero-order valence-corrected chi connectivity index (χ0v) is 17.1. The fourth-order valence-corrected chi connectivity index (χ4v) is 3.21. The summed E-state index contributed by atoms with van der Waals surface area (Å²) in [5.74, 6) is -0.816.